The number of nitriles is 1. The topological polar surface area (TPSA) is 88.4 Å². The van der Waals surface area contributed by atoms with E-state index >= 15 is 0 Å². The molecule has 0 aliphatic rings. The van der Waals surface area contributed by atoms with Crippen LogP contribution in [0.3, 0.4) is 0 Å². The lowest BCUT2D eigenvalue weighted by Gasteiger charge is -2.15. The summed E-state index contributed by atoms with van der Waals surface area (Å²) < 4.78 is 10.3. The zero-order chi connectivity index (χ0) is 18.4. The largest absolute Gasteiger partial charge is 0.477 e. The van der Waals surface area contributed by atoms with Gasteiger partial charge < -0.3 is 14.8 Å². The second-order valence-electron chi connectivity index (χ2n) is 4.77. The number of nitrogens with one attached hydrogen (secondary N) is 1. The highest BCUT2D eigenvalue weighted by Crippen LogP contribution is 2.28. The maximum Gasteiger partial charge on any atom is 0.347 e. The van der Waals surface area contributed by atoms with Gasteiger partial charge in [0.05, 0.1) is 10.6 Å². The average molecular weight is 399 g/mol. The third kappa shape index (κ3) is 5.36. The van der Waals surface area contributed by atoms with E-state index in [1.807, 2.05) is 6.07 Å². The maximum atomic E-state index is 11.9. The molecule has 1 aromatic carbocycles. The van der Waals surface area contributed by atoms with Crippen molar-refractivity contribution in [3.05, 3.63) is 45.3 Å². The van der Waals surface area contributed by atoms with Gasteiger partial charge in [-0.05, 0) is 36.6 Å². The Morgan fingerprint density at radius 1 is 1.36 bits per heavy atom. The molecule has 1 unspecified atom stereocenters. The Labute approximate surface area is 157 Å². The van der Waals surface area contributed by atoms with Crippen molar-refractivity contribution in [3.8, 4) is 11.8 Å². The number of esters is 1. The van der Waals surface area contributed by atoms with Gasteiger partial charge >= 0.3 is 5.97 Å². The Bertz CT molecular complexity index is 832. The summed E-state index contributed by atoms with van der Waals surface area (Å²) in [6.45, 7) is 0.974. The summed E-state index contributed by atoms with van der Waals surface area (Å²) in [7, 11) is 0. The van der Waals surface area contributed by atoms with Crippen LogP contribution in [0.5, 0.6) is 5.75 Å². The van der Waals surface area contributed by atoms with Crippen molar-refractivity contribution in [1.82, 2.24) is 0 Å². The van der Waals surface area contributed by atoms with Crippen LogP contribution in [0.15, 0.2) is 29.6 Å². The predicted octanol–water partition coefficient (Wildman–Crippen LogP) is 3.88. The van der Waals surface area contributed by atoms with E-state index in [0.717, 1.165) is 0 Å². The number of amides is 1. The Kier molecular flexibility index (Phi) is 6.65. The number of rotatable bonds is 6. The molecule has 2 rings (SSSR count). The first kappa shape index (κ1) is 19.1. The molecule has 1 amide bonds. The average Bonchev–Trinajstić information content (AvgIpc) is 3.02. The number of hydrogen-bond acceptors (Lipinski definition) is 6. The van der Waals surface area contributed by atoms with E-state index < -0.39 is 24.6 Å². The molecular weight excluding hydrogens is 387 g/mol. The van der Waals surface area contributed by atoms with Gasteiger partial charge in [0.25, 0.3) is 5.91 Å². The number of thiophene rings is 1. The van der Waals surface area contributed by atoms with E-state index in [-0.39, 0.29) is 10.8 Å². The molecule has 0 aliphatic carbocycles. The third-order valence-corrected chi connectivity index (χ3v) is 4.27. The Morgan fingerprint density at radius 2 is 2.12 bits per heavy atom. The molecule has 0 bridgehead atoms. The fourth-order valence-electron chi connectivity index (χ4n) is 1.72. The smallest absolute Gasteiger partial charge is 0.347 e. The molecule has 9 heteroatoms. The number of benzene rings is 1. The van der Waals surface area contributed by atoms with Crippen LogP contribution >= 0.6 is 34.5 Å². The number of carbonyl (C=O) groups is 2. The second kappa shape index (κ2) is 8.72. The normalized spacial score (nSPS) is 11.3. The minimum Gasteiger partial charge on any atom is -0.477 e. The highest BCUT2D eigenvalue weighted by atomic mass is 35.5. The van der Waals surface area contributed by atoms with Crippen LogP contribution in [0.25, 0.3) is 0 Å². The minimum absolute atomic E-state index is 0.256. The molecule has 130 valence electrons. The number of hydrogen-bond donors (Lipinski definition) is 1. The van der Waals surface area contributed by atoms with E-state index in [0.29, 0.717) is 15.6 Å². The molecule has 0 saturated carbocycles. The molecule has 1 heterocycles. The maximum absolute atomic E-state index is 11.9. The fraction of sp³-hybridized carbons (Fsp3) is 0.188. The SMILES string of the molecule is CC(Oc1ccc(Cl)cc1Cl)C(=O)OCC(=O)Nc1sccc1C#N. The summed E-state index contributed by atoms with van der Waals surface area (Å²) in [6.07, 6.45) is -0.970. The molecule has 2 aromatic rings. The summed E-state index contributed by atoms with van der Waals surface area (Å²) in [6, 6.07) is 8.11. The van der Waals surface area contributed by atoms with Crippen molar-refractivity contribution < 1.29 is 19.1 Å². The molecule has 1 N–H and O–H groups in total. The van der Waals surface area contributed by atoms with Gasteiger partial charge in [-0.25, -0.2) is 4.79 Å². The molecule has 0 aliphatic heterocycles. The van der Waals surface area contributed by atoms with Crippen LogP contribution < -0.4 is 10.1 Å². The first-order chi connectivity index (χ1) is 11.9. The summed E-state index contributed by atoms with van der Waals surface area (Å²) >= 11 is 13.0. The van der Waals surface area contributed by atoms with Crippen molar-refractivity contribution in [1.29, 1.82) is 5.26 Å². The van der Waals surface area contributed by atoms with E-state index in [9.17, 15) is 9.59 Å². The van der Waals surface area contributed by atoms with Crippen LogP contribution in [0, 0.1) is 11.3 Å². The van der Waals surface area contributed by atoms with Crippen molar-refractivity contribution in [3.63, 3.8) is 0 Å². The monoisotopic (exact) mass is 398 g/mol. The lowest BCUT2D eigenvalue weighted by molar-refractivity contribution is -0.153. The van der Waals surface area contributed by atoms with Crippen LogP contribution in [-0.2, 0) is 14.3 Å². The van der Waals surface area contributed by atoms with Gasteiger partial charge in [0.2, 0.25) is 0 Å². The van der Waals surface area contributed by atoms with Gasteiger partial charge in [-0.1, -0.05) is 23.2 Å². The summed E-state index contributed by atoms with van der Waals surface area (Å²) in [5.41, 5.74) is 0.346. The van der Waals surface area contributed by atoms with Gasteiger partial charge in [-0.15, -0.1) is 11.3 Å². The summed E-state index contributed by atoms with van der Waals surface area (Å²) in [5.74, 6) is -1.01. The van der Waals surface area contributed by atoms with Gasteiger partial charge in [0.1, 0.15) is 16.8 Å². The summed E-state index contributed by atoms with van der Waals surface area (Å²) in [4.78, 5) is 23.7. The molecule has 0 saturated heterocycles. The van der Waals surface area contributed by atoms with Crippen molar-refractivity contribution in [2.24, 2.45) is 0 Å². The molecule has 1 aromatic heterocycles. The van der Waals surface area contributed by atoms with Crippen LogP contribution in [0.4, 0.5) is 5.00 Å². The molecule has 0 spiro atoms. The standard InChI is InChI=1S/C16H12Cl2N2O4S/c1-9(24-13-3-2-11(17)6-12(13)18)16(22)23-8-14(21)20-15-10(7-19)4-5-25-15/h2-6,9H,8H2,1H3,(H,20,21). The first-order valence-corrected chi connectivity index (χ1v) is 8.60. The number of ether oxygens (including phenoxy) is 2. The molecule has 0 radical (unpaired) electrons. The zero-order valence-electron chi connectivity index (χ0n) is 12.9. The van der Waals surface area contributed by atoms with E-state index in [2.05, 4.69) is 5.32 Å². The molecular formula is C16H12Cl2N2O4S. The molecule has 6 nitrogen and oxygen atoms in total. The van der Waals surface area contributed by atoms with Gasteiger partial charge in [-0.2, -0.15) is 5.26 Å². The number of halogens is 2. The Morgan fingerprint density at radius 3 is 2.80 bits per heavy atom. The number of nitrogens with zero attached hydrogens (tertiary/aromatic N) is 1. The van der Waals surface area contributed by atoms with E-state index in [1.54, 1.807) is 17.5 Å². The van der Waals surface area contributed by atoms with Gasteiger partial charge in [0, 0.05) is 5.02 Å². The van der Waals surface area contributed by atoms with Crippen LogP contribution in [0.1, 0.15) is 12.5 Å². The van der Waals surface area contributed by atoms with Gasteiger partial charge in [-0.3, -0.25) is 4.79 Å². The highest BCUT2D eigenvalue weighted by molar-refractivity contribution is 7.14. The van der Waals surface area contributed by atoms with Crippen LogP contribution in [0.2, 0.25) is 10.0 Å². The minimum atomic E-state index is -0.970. The van der Waals surface area contributed by atoms with E-state index in [4.69, 9.17) is 37.9 Å². The third-order valence-electron chi connectivity index (χ3n) is 2.91. The lowest BCUT2D eigenvalue weighted by atomic mass is 10.3. The molecule has 0 fully saturated rings. The quantitative estimate of drug-likeness (QED) is 0.745. The summed E-state index contributed by atoms with van der Waals surface area (Å²) in [5, 5.41) is 14.2. The van der Waals surface area contributed by atoms with E-state index in [1.165, 1.54) is 30.4 Å². The zero-order valence-corrected chi connectivity index (χ0v) is 15.2. The first-order valence-electron chi connectivity index (χ1n) is 6.96. The van der Waals surface area contributed by atoms with Gasteiger partial charge in [0.15, 0.2) is 12.7 Å². The molecule has 1 atom stereocenters. The molecule has 25 heavy (non-hydrogen) atoms. The lowest BCUT2D eigenvalue weighted by Crippen LogP contribution is -2.29. The van der Waals surface area contributed by atoms with Crippen molar-refractivity contribution >= 4 is 51.4 Å². The van der Waals surface area contributed by atoms with Crippen molar-refractivity contribution in [2.75, 3.05) is 11.9 Å². The number of carbonyl (C=O) groups excluding carboxylic acids is 2. The van der Waals surface area contributed by atoms with Crippen molar-refractivity contribution in [2.45, 2.75) is 13.0 Å². The highest BCUT2D eigenvalue weighted by Gasteiger charge is 2.19. The Hall–Kier alpha value is -2.27. The van der Waals surface area contributed by atoms with Crippen LogP contribution in [-0.4, -0.2) is 24.6 Å². The second-order valence-corrected chi connectivity index (χ2v) is 6.53. The fourth-order valence-corrected chi connectivity index (χ4v) is 2.93. The number of anilines is 1. The Balaban J connectivity index is 1.84. The predicted molar refractivity (Wildman–Crippen MR) is 95.2 cm³/mol.